The summed E-state index contributed by atoms with van der Waals surface area (Å²) < 4.78 is 4.96. The van der Waals surface area contributed by atoms with E-state index in [9.17, 15) is 4.79 Å². The molecule has 0 aromatic rings. The third kappa shape index (κ3) is 3.43. The van der Waals surface area contributed by atoms with Gasteiger partial charge in [-0.25, -0.2) is 0 Å². The highest BCUT2D eigenvalue weighted by atomic mass is 16.5. The number of hydrogen-bond acceptors (Lipinski definition) is 4. The number of nitrogens with zero attached hydrogens (tertiary/aromatic N) is 2. The number of hydrogen-bond donors (Lipinski definition) is 1. The highest BCUT2D eigenvalue weighted by molar-refractivity contribution is 5.73. The molecule has 0 aromatic heterocycles. The molecule has 1 atom stereocenters. The minimum absolute atomic E-state index is 0.266. The zero-order valence-corrected chi connectivity index (χ0v) is 10.3. The Morgan fingerprint density at radius 3 is 2.44 bits per heavy atom. The lowest BCUT2D eigenvalue weighted by Gasteiger charge is -2.37. The number of rotatable bonds is 5. The Balaban J connectivity index is 2.47. The highest BCUT2D eigenvalue weighted by Gasteiger charge is 2.29. The van der Waals surface area contributed by atoms with E-state index in [0.717, 1.165) is 25.9 Å². The molecule has 1 N–H and O–H groups in total. The van der Waals surface area contributed by atoms with Gasteiger partial charge < -0.3 is 14.7 Å². The number of aliphatic carboxylic acids is 1. The van der Waals surface area contributed by atoms with Crippen molar-refractivity contribution in [3.63, 3.8) is 0 Å². The summed E-state index contributed by atoms with van der Waals surface area (Å²) in [5.41, 5.74) is 0. The maximum Gasteiger partial charge on any atom is 0.323 e. The van der Waals surface area contributed by atoms with Gasteiger partial charge >= 0.3 is 5.97 Å². The van der Waals surface area contributed by atoms with Crippen molar-refractivity contribution in [1.29, 1.82) is 0 Å². The van der Waals surface area contributed by atoms with Crippen LogP contribution < -0.4 is 0 Å². The number of carboxylic acid groups (broad SMARTS) is 1. The van der Waals surface area contributed by atoms with Gasteiger partial charge in [-0.15, -0.1) is 0 Å². The van der Waals surface area contributed by atoms with Gasteiger partial charge in [-0.3, -0.25) is 9.69 Å². The van der Waals surface area contributed by atoms with Crippen LogP contribution in [0.1, 0.15) is 12.8 Å². The smallest absolute Gasteiger partial charge is 0.323 e. The van der Waals surface area contributed by atoms with Crippen LogP contribution in [0.3, 0.4) is 0 Å². The van der Waals surface area contributed by atoms with Gasteiger partial charge in [0, 0.05) is 26.2 Å². The van der Waals surface area contributed by atoms with Gasteiger partial charge in [-0.2, -0.15) is 0 Å². The van der Waals surface area contributed by atoms with Gasteiger partial charge in [0.15, 0.2) is 0 Å². The Kier molecular flexibility index (Phi) is 5.18. The SMILES string of the molecule is COCC(C(=O)O)N1CCC(N(C)C)CC1. The third-order valence-electron chi connectivity index (χ3n) is 3.28. The zero-order chi connectivity index (χ0) is 12.1. The van der Waals surface area contributed by atoms with Crippen molar-refractivity contribution in [2.24, 2.45) is 0 Å². The van der Waals surface area contributed by atoms with Crippen LogP contribution in [-0.2, 0) is 9.53 Å². The molecule has 1 saturated heterocycles. The number of likely N-dealkylation sites (tertiary alicyclic amines) is 1. The first-order chi connectivity index (χ1) is 7.56. The van der Waals surface area contributed by atoms with E-state index >= 15 is 0 Å². The summed E-state index contributed by atoms with van der Waals surface area (Å²) in [5, 5.41) is 9.10. The van der Waals surface area contributed by atoms with Gasteiger partial charge in [0.1, 0.15) is 6.04 Å². The van der Waals surface area contributed by atoms with E-state index in [1.54, 1.807) is 7.11 Å². The predicted molar refractivity (Wildman–Crippen MR) is 61.6 cm³/mol. The maximum atomic E-state index is 11.1. The minimum atomic E-state index is -0.787. The normalized spacial score (nSPS) is 21.2. The van der Waals surface area contributed by atoms with E-state index in [-0.39, 0.29) is 6.61 Å². The summed E-state index contributed by atoms with van der Waals surface area (Å²) in [6.45, 7) is 1.94. The molecule has 16 heavy (non-hydrogen) atoms. The molecule has 1 rings (SSSR count). The maximum absolute atomic E-state index is 11.1. The molecule has 0 saturated carbocycles. The highest BCUT2D eigenvalue weighted by Crippen LogP contribution is 2.16. The molecule has 1 unspecified atom stereocenters. The van der Waals surface area contributed by atoms with Gasteiger partial charge in [-0.05, 0) is 26.9 Å². The van der Waals surface area contributed by atoms with Gasteiger partial charge in [0.25, 0.3) is 0 Å². The van der Waals surface area contributed by atoms with Crippen molar-refractivity contribution in [2.75, 3.05) is 40.9 Å². The summed E-state index contributed by atoms with van der Waals surface area (Å²) in [6.07, 6.45) is 2.06. The van der Waals surface area contributed by atoms with Gasteiger partial charge in [0.2, 0.25) is 0 Å². The first-order valence-electron chi connectivity index (χ1n) is 5.68. The van der Waals surface area contributed by atoms with Crippen molar-refractivity contribution in [2.45, 2.75) is 24.9 Å². The molecule has 1 aliphatic rings. The fourth-order valence-corrected chi connectivity index (χ4v) is 2.20. The molecular weight excluding hydrogens is 208 g/mol. The lowest BCUT2D eigenvalue weighted by Crippen LogP contribution is -2.50. The molecule has 0 spiro atoms. The van der Waals surface area contributed by atoms with E-state index in [0.29, 0.717) is 6.04 Å². The summed E-state index contributed by atoms with van der Waals surface area (Å²) >= 11 is 0. The van der Waals surface area contributed by atoms with Crippen molar-refractivity contribution >= 4 is 5.97 Å². The zero-order valence-electron chi connectivity index (χ0n) is 10.3. The molecule has 5 heteroatoms. The Bertz CT molecular complexity index is 225. The Morgan fingerprint density at radius 2 is 2.06 bits per heavy atom. The van der Waals surface area contributed by atoms with E-state index in [1.165, 1.54) is 0 Å². The lowest BCUT2D eigenvalue weighted by molar-refractivity contribution is -0.146. The molecule has 0 radical (unpaired) electrons. The molecule has 94 valence electrons. The first-order valence-corrected chi connectivity index (χ1v) is 5.68. The summed E-state index contributed by atoms with van der Waals surface area (Å²) in [7, 11) is 5.69. The second kappa shape index (κ2) is 6.18. The van der Waals surface area contributed by atoms with E-state index in [2.05, 4.69) is 19.0 Å². The molecule has 0 bridgehead atoms. The fourth-order valence-electron chi connectivity index (χ4n) is 2.20. The number of methoxy groups -OCH3 is 1. The monoisotopic (exact) mass is 230 g/mol. The fraction of sp³-hybridized carbons (Fsp3) is 0.909. The van der Waals surface area contributed by atoms with Crippen molar-refractivity contribution in [1.82, 2.24) is 9.80 Å². The molecular formula is C11H22N2O3. The van der Waals surface area contributed by atoms with Crippen LogP contribution in [0.2, 0.25) is 0 Å². The Labute approximate surface area is 97.0 Å². The summed E-state index contributed by atoms with van der Waals surface area (Å²) in [6, 6.07) is 0.0846. The average Bonchev–Trinajstić information content (AvgIpc) is 2.25. The molecule has 0 aliphatic carbocycles. The van der Waals surface area contributed by atoms with Crippen molar-refractivity contribution in [3.05, 3.63) is 0 Å². The lowest BCUT2D eigenvalue weighted by atomic mass is 10.0. The average molecular weight is 230 g/mol. The molecule has 0 amide bonds. The number of ether oxygens (including phenoxy) is 1. The predicted octanol–water partition coefficient (Wildman–Crippen LogP) is 0.112. The van der Waals surface area contributed by atoms with Gasteiger partial charge in [-0.1, -0.05) is 0 Å². The number of carbonyl (C=O) groups is 1. The topological polar surface area (TPSA) is 53.0 Å². The van der Waals surface area contributed by atoms with Crippen LogP contribution in [0.4, 0.5) is 0 Å². The van der Waals surface area contributed by atoms with E-state index < -0.39 is 12.0 Å². The Morgan fingerprint density at radius 1 is 1.50 bits per heavy atom. The largest absolute Gasteiger partial charge is 0.480 e. The first kappa shape index (κ1) is 13.4. The van der Waals surface area contributed by atoms with E-state index in [1.807, 2.05) is 4.90 Å². The van der Waals surface area contributed by atoms with Crippen molar-refractivity contribution < 1.29 is 14.6 Å². The quantitative estimate of drug-likeness (QED) is 0.726. The second-order valence-corrected chi connectivity index (χ2v) is 4.54. The third-order valence-corrected chi connectivity index (χ3v) is 3.28. The molecule has 1 heterocycles. The molecule has 5 nitrogen and oxygen atoms in total. The van der Waals surface area contributed by atoms with E-state index in [4.69, 9.17) is 9.84 Å². The number of carboxylic acids is 1. The van der Waals surface area contributed by atoms with Crippen LogP contribution in [0.15, 0.2) is 0 Å². The second-order valence-electron chi connectivity index (χ2n) is 4.54. The Hall–Kier alpha value is -0.650. The standard InChI is InChI=1S/C11H22N2O3/c1-12(2)9-4-6-13(7-5-9)10(8-16-3)11(14)15/h9-10H,4-8H2,1-3H3,(H,14,15). The molecule has 1 aliphatic heterocycles. The van der Waals surface area contributed by atoms with Gasteiger partial charge in [0.05, 0.1) is 6.61 Å². The van der Waals surface area contributed by atoms with Crippen LogP contribution in [-0.4, -0.2) is 73.9 Å². The summed E-state index contributed by atoms with van der Waals surface area (Å²) in [4.78, 5) is 15.3. The van der Waals surface area contributed by atoms with Crippen LogP contribution in [0.5, 0.6) is 0 Å². The molecule has 1 fully saturated rings. The number of piperidine rings is 1. The summed E-state index contributed by atoms with van der Waals surface area (Å²) in [5.74, 6) is -0.787. The minimum Gasteiger partial charge on any atom is -0.480 e. The van der Waals surface area contributed by atoms with Crippen LogP contribution >= 0.6 is 0 Å². The molecule has 0 aromatic carbocycles. The van der Waals surface area contributed by atoms with Crippen molar-refractivity contribution in [3.8, 4) is 0 Å². The van der Waals surface area contributed by atoms with Crippen LogP contribution in [0, 0.1) is 0 Å². The van der Waals surface area contributed by atoms with Crippen LogP contribution in [0.25, 0.3) is 0 Å².